The number of aromatic amines is 1. The minimum absolute atomic E-state index is 0.0233. The summed E-state index contributed by atoms with van der Waals surface area (Å²) in [5.74, 6) is 0.0541. The molecule has 4 aromatic rings. The predicted octanol–water partition coefficient (Wildman–Crippen LogP) is 4.81. The molecule has 2 aromatic heterocycles. The van der Waals surface area contributed by atoms with E-state index in [0.29, 0.717) is 16.5 Å². The molecule has 144 valence electrons. The first-order valence-electron chi connectivity index (χ1n) is 9.00. The smallest absolute Gasteiger partial charge is 0.261 e. The number of halogens is 1. The number of hydrogen-bond acceptors (Lipinski definition) is 3. The lowest BCUT2D eigenvalue weighted by Crippen LogP contribution is -2.33. The number of aromatic nitrogens is 1. The molecule has 1 unspecified atom stereocenters. The van der Waals surface area contributed by atoms with Crippen molar-refractivity contribution in [2.75, 3.05) is 0 Å². The van der Waals surface area contributed by atoms with Gasteiger partial charge in [-0.1, -0.05) is 54.1 Å². The molecule has 0 fully saturated rings. The fraction of sp³-hybridized carbons (Fsp3) is 0.0435. The first-order chi connectivity index (χ1) is 14.1. The van der Waals surface area contributed by atoms with E-state index in [0.717, 1.165) is 11.1 Å². The van der Waals surface area contributed by atoms with E-state index >= 15 is 0 Å². The number of benzene rings is 2. The van der Waals surface area contributed by atoms with Crippen LogP contribution in [0.25, 0.3) is 11.5 Å². The molecule has 0 aliphatic rings. The van der Waals surface area contributed by atoms with E-state index in [-0.39, 0.29) is 5.56 Å². The maximum absolute atomic E-state index is 12.9. The Bertz CT molecular complexity index is 1170. The van der Waals surface area contributed by atoms with Gasteiger partial charge in [0.25, 0.3) is 11.5 Å². The molecule has 2 aromatic carbocycles. The number of pyridine rings is 1. The molecule has 4 rings (SSSR count). The zero-order chi connectivity index (χ0) is 20.2. The molecule has 1 atom stereocenters. The second-order valence-electron chi connectivity index (χ2n) is 6.46. The lowest BCUT2D eigenvalue weighted by Gasteiger charge is -2.20. The van der Waals surface area contributed by atoms with Crippen LogP contribution in [-0.4, -0.2) is 10.9 Å². The highest BCUT2D eigenvalue weighted by Crippen LogP contribution is 2.24. The van der Waals surface area contributed by atoms with E-state index in [2.05, 4.69) is 10.3 Å². The van der Waals surface area contributed by atoms with Crippen molar-refractivity contribution in [2.45, 2.75) is 6.04 Å². The molecule has 2 heterocycles. The largest absolute Gasteiger partial charge is 0.463 e. The van der Waals surface area contributed by atoms with E-state index in [9.17, 15) is 9.59 Å². The van der Waals surface area contributed by atoms with Crippen LogP contribution < -0.4 is 10.9 Å². The summed E-state index contributed by atoms with van der Waals surface area (Å²) in [6.45, 7) is 0. The summed E-state index contributed by atoms with van der Waals surface area (Å²) < 4.78 is 5.28. The molecule has 0 radical (unpaired) electrons. The highest BCUT2D eigenvalue weighted by Gasteiger charge is 2.20. The van der Waals surface area contributed by atoms with Crippen molar-refractivity contribution in [1.82, 2.24) is 10.3 Å². The summed E-state index contributed by atoms with van der Waals surface area (Å²) in [4.78, 5) is 28.1. The van der Waals surface area contributed by atoms with Gasteiger partial charge in [-0.15, -0.1) is 0 Å². The third kappa shape index (κ3) is 4.15. The Balaban J connectivity index is 1.65. The standard InChI is InChI=1S/C23H17ClN2O3/c24-17-10-8-16(9-11-17)21(15-5-2-1-3-6-15)26-23(28)18-12-13-19(25-22(18)27)20-7-4-14-29-20/h1-14,21H,(H,25,27)(H,26,28). The van der Waals surface area contributed by atoms with Crippen LogP contribution in [-0.2, 0) is 0 Å². The monoisotopic (exact) mass is 404 g/mol. The first kappa shape index (κ1) is 18.8. The van der Waals surface area contributed by atoms with Crippen LogP contribution in [0, 0.1) is 0 Å². The zero-order valence-electron chi connectivity index (χ0n) is 15.3. The van der Waals surface area contributed by atoms with Crippen molar-refractivity contribution in [3.63, 3.8) is 0 Å². The van der Waals surface area contributed by atoms with E-state index in [1.54, 1.807) is 30.3 Å². The fourth-order valence-electron chi connectivity index (χ4n) is 3.10. The number of hydrogen-bond donors (Lipinski definition) is 2. The van der Waals surface area contributed by atoms with Gasteiger partial charge in [0.2, 0.25) is 0 Å². The van der Waals surface area contributed by atoms with Crippen molar-refractivity contribution in [1.29, 1.82) is 0 Å². The zero-order valence-corrected chi connectivity index (χ0v) is 16.0. The van der Waals surface area contributed by atoms with Gasteiger partial charge in [-0.2, -0.15) is 0 Å². The fourth-order valence-corrected chi connectivity index (χ4v) is 3.22. The number of carbonyl (C=O) groups excluding carboxylic acids is 1. The molecular weight excluding hydrogens is 388 g/mol. The summed E-state index contributed by atoms with van der Waals surface area (Å²) in [6.07, 6.45) is 1.52. The summed E-state index contributed by atoms with van der Waals surface area (Å²) in [5.41, 5.74) is 1.80. The average molecular weight is 405 g/mol. The molecule has 5 nitrogen and oxygen atoms in total. The second kappa shape index (κ2) is 8.20. The van der Waals surface area contributed by atoms with Crippen molar-refractivity contribution in [3.05, 3.63) is 117 Å². The number of furan rings is 1. The predicted molar refractivity (Wildman–Crippen MR) is 112 cm³/mol. The number of amides is 1. The van der Waals surface area contributed by atoms with Crippen LogP contribution in [0.4, 0.5) is 0 Å². The topological polar surface area (TPSA) is 75.1 Å². The summed E-state index contributed by atoms with van der Waals surface area (Å²) in [5, 5.41) is 3.56. The summed E-state index contributed by atoms with van der Waals surface area (Å²) in [6, 6.07) is 23.0. The molecular formula is C23H17ClN2O3. The first-order valence-corrected chi connectivity index (χ1v) is 9.38. The van der Waals surface area contributed by atoms with Crippen LogP contribution in [0.2, 0.25) is 5.02 Å². The molecule has 0 saturated heterocycles. The minimum atomic E-state index is -0.487. The molecule has 0 spiro atoms. The SMILES string of the molecule is O=C(NC(c1ccccc1)c1ccc(Cl)cc1)c1ccc(-c2ccco2)[nH]c1=O. The van der Waals surface area contributed by atoms with Gasteiger partial charge < -0.3 is 14.7 Å². The van der Waals surface area contributed by atoms with Crippen molar-refractivity contribution in [2.24, 2.45) is 0 Å². The van der Waals surface area contributed by atoms with E-state index in [1.807, 2.05) is 42.5 Å². The quantitative estimate of drug-likeness (QED) is 0.501. The Morgan fingerprint density at radius 3 is 2.28 bits per heavy atom. The molecule has 2 N–H and O–H groups in total. The van der Waals surface area contributed by atoms with Crippen LogP contribution in [0.1, 0.15) is 27.5 Å². The van der Waals surface area contributed by atoms with Gasteiger partial charge in [0.05, 0.1) is 18.0 Å². The average Bonchev–Trinajstić information content (AvgIpc) is 3.28. The molecule has 1 amide bonds. The lowest BCUT2D eigenvalue weighted by molar-refractivity contribution is 0.0941. The Kier molecular flexibility index (Phi) is 5.31. The molecule has 6 heteroatoms. The van der Waals surface area contributed by atoms with Crippen molar-refractivity contribution < 1.29 is 9.21 Å². The van der Waals surface area contributed by atoms with Gasteiger partial charge >= 0.3 is 0 Å². The van der Waals surface area contributed by atoms with Gasteiger partial charge in [-0.25, -0.2) is 0 Å². The number of carbonyl (C=O) groups is 1. The number of nitrogens with one attached hydrogen (secondary N) is 2. The molecule has 0 aliphatic heterocycles. The van der Waals surface area contributed by atoms with Crippen molar-refractivity contribution in [3.8, 4) is 11.5 Å². The van der Waals surface area contributed by atoms with Gasteiger partial charge in [-0.05, 0) is 47.5 Å². The Morgan fingerprint density at radius 2 is 1.62 bits per heavy atom. The number of rotatable bonds is 5. The Hall–Kier alpha value is -3.57. The third-order valence-electron chi connectivity index (χ3n) is 4.55. The molecule has 0 aliphatic carbocycles. The highest BCUT2D eigenvalue weighted by molar-refractivity contribution is 6.30. The number of H-pyrrole nitrogens is 1. The Morgan fingerprint density at radius 1 is 0.897 bits per heavy atom. The van der Waals surface area contributed by atoms with Crippen LogP contribution in [0.15, 0.2) is 94.3 Å². The van der Waals surface area contributed by atoms with Gasteiger partial charge in [0.15, 0.2) is 0 Å². The van der Waals surface area contributed by atoms with Crippen LogP contribution >= 0.6 is 11.6 Å². The van der Waals surface area contributed by atoms with E-state index in [1.165, 1.54) is 12.3 Å². The summed E-state index contributed by atoms with van der Waals surface area (Å²) >= 11 is 6.00. The molecule has 0 bridgehead atoms. The Labute approximate surface area is 172 Å². The minimum Gasteiger partial charge on any atom is -0.463 e. The lowest BCUT2D eigenvalue weighted by atomic mass is 9.98. The van der Waals surface area contributed by atoms with Gasteiger partial charge in [-0.3, -0.25) is 9.59 Å². The normalized spacial score (nSPS) is 11.8. The third-order valence-corrected chi connectivity index (χ3v) is 4.80. The van der Waals surface area contributed by atoms with Gasteiger partial charge in [0.1, 0.15) is 11.3 Å². The van der Waals surface area contributed by atoms with E-state index in [4.69, 9.17) is 16.0 Å². The van der Waals surface area contributed by atoms with Crippen LogP contribution in [0.3, 0.4) is 0 Å². The maximum atomic E-state index is 12.9. The highest BCUT2D eigenvalue weighted by atomic mass is 35.5. The van der Waals surface area contributed by atoms with Crippen LogP contribution in [0.5, 0.6) is 0 Å². The van der Waals surface area contributed by atoms with Gasteiger partial charge in [0, 0.05) is 5.02 Å². The summed E-state index contributed by atoms with van der Waals surface area (Å²) in [7, 11) is 0. The van der Waals surface area contributed by atoms with Crippen molar-refractivity contribution >= 4 is 17.5 Å². The molecule has 0 saturated carbocycles. The molecule has 29 heavy (non-hydrogen) atoms. The maximum Gasteiger partial charge on any atom is 0.261 e. The second-order valence-corrected chi connectivity index (χ2v) is 6.90. The van der Waals surface area contributed by atoms with E-state index < -0.39 is 17.5 Å².